The lowest BCUT2D eigenvalue weighted by Crippen LogP contribution is -2.38. The first-order chi connectivity index (χ1) is 17.8. The Labute approximate surface area is 219 Å². The van der Waals surface area contributed by atoms with Crippen molar-refractivity contribution in [3.05, 3.63) is 92.8 Å². The van der Waals surface area contributed by atoms with Crippen LogP contribution in [0.15, 0.2) is 71.1 Å². The molecular formula is C28H26ClNO7. The molecule has 2 aromatic rings. The molecule has 0 bridgehead atoms. The molecule has 2 aromatic carbocycles. The average molecular weight is 524 g/mol. The van der Waals surface area contributed by atoms with E-state index in [0.29, 0.717) is 33.1 Å². The smallest absolute Gasteiger partial charge is 0.336 e. The fraction of sp³-hybridized carbons (Fsp3) is 0.286. The van der Waals surface area contributed by atoms with Crippen molar-refractivity contribution in [1.29, 1.82) is 0 Å². The van der Waals surface area contributed by atoms with Crippen LogP contribution >= 0.6 is 11.6 Å². The molecule has 37 heavy (non-hydrogen) atoms. The van der Waals surface area contributed by atoms with Gasteiger partial charge in [0.25, 0.3) is 0 Å². The molecular weight excluding hydrogens is 498 g/mol. The normalized spacial score (nSPS) is 19.4. The zero-order valence-corrected chi connectivity index (χ0v) is 21.4. The van der Waals surface area contributed by atoms with Crippen LogP contribution in [-0.2, 0) is 23.8 Å². The van der Waals surface area contributed by atoms with Gasteiger partial charge in [0.2, 0.25) is 0 Å². The zero-order chi connectivity index (χ0) is 26.7. The Morgan fingerprint density at radius 1 is 1.00 bits per heavy atom. The molecule has 1 N–H and O–H groups in total. The molecule has 1 heterocycles. The molecule has 2 atom stereocenters. The number of dihydropyridines is 1. The molecule has 8 nitrogen and oxygen atoms in total. The summed E-state index contributed by atoms with van der Waals surface area (Å²) >= 11 is 6.51. The highest BCUT2D eigenvalue weighted by atomic mass is 35.5. The highest BCUT2D eigenvalue weighted by Crippen LogP contribution is 2.42. The molecule has 1 aliphatic carbocycles. The van der Waals surface area contributed by atoms with Crippen molar-refractivity contribution in [3.8, 4) is 0 Å². The van der Waals surface area contributed by atoms with Crippen LogP contribution in [0.3, 0.4) is 0 Å². The standard InChI is InChI=1S/C28H26ClNO7/c1-4-36-28(34)25-20(14-37-22-13-21(31)16-9-5-6-10-17(16)26(22)32)30-15(2)23(27(33)35-3)24(25)18-11-7-8-12-19(18)29/h5-12,22,24,30H,4,13-14H2,1-3H3. The fourth-order valence-electron chi connectivity index (χ4n) is 4.67. The second kappa shape index (κ2) is 11.1. The van der Waals surface area contributed by atoms with E-state index < -0.39 is 24.0 Å². The zero-order valence-electron chi connectivity index (χ0n) is 20.6. The molecule has 4 rings (SSSR count). The summed E-state index contributed by atoms with van der Waals surface area (Å²) in [5.74, 6) is -2.74. The third kappa shape index (κ3) is 5.08. The maximum Gasteiger partial charge on any atom is 0.336 e. The van der Waals surface area contributed by atoms with Crippen molar-refractivity contribution in [1.82, 2.24) is 5.32 Å². The van der Waals surface area contributed by atoms with Gasteiger partial charge in [-0.3, -0.25) is 9.59 Å². The lowest BCUT2D eigenvalue weighted by molar-refractivity contribution is -0.139. The Morgan fingerprint density at radius 2 is 1.68 bits per heavy atom. The quantitative estimate of drug-likeness (QED) is 0.539. The van der Waals surface area contributed by atoms with E-state index in [1.54, 1.807) is 62.4 Å². The number of halogens is 1. The van der Waals surface area contributed by atoms with E-state index >= 15 is 0 Å². The SMILES string of the molecule is CCOC(=O)C1=C(COC2CC(=O)c3ccccc3C2=O)NC(C)=C(C(=O)OC)C1c1ccccc1Cl. The van der Waals surface area contributed by atoms with Gasteiger partial charge in [-0.1, -0.05) is 54.1 Å². The van der Waals surface area contributed by atoms with E-state index in [1.165, 1.54) is 7.11 Å². The number of esters is 2. The number of hydrogen-bond donors (Lipinski definition) is 1. The molecule has 9 heteroatoms. The lowest BCUT2D eigenvalue weighted by Gasteiger charge is -2.32. The molecule has 0 fully saturated rings. The number of Topliss-reactive ketones (excluding diaryl/α,β-unsaturated/α-hetero) is 2. The number of carbonyl (C=O) groups is 4. The largest absolute Gasteiger partial charge is 0.466 e. The van der Waals surface area contributed by atoms with Crippen LogP contribution in [0.25, 0.3) is 0 Å². The summed E-state index contributed by atoms with van der Waals surface area (Å²) in [7, 11) is 1.25. The Morgan fingerprint density at radius 3 is 2.35 bits per heavy atom. The molecule has 0 spiro atoms. The van der Waals surface area contributed by atoms with Gasteiger partial charge in [0.05, 0.1) is 43.1 Å². The number of allylic oxidation sites excluding steroid dienone is 1. The van der Waals surface area contributed by atoms with Crippen LogP contribution in [0, 0.1) is 0 Å². The van der Waals surface area contributed by atoms with Crippen LogP contribution in [0.4, 0.5) is 0 Å². The summed E-state index contributed by atoms with van der Waals surface area (Å²) in [6, 6.07) is 13.5. The summed E-state index contributed by atoms with van der Waals surface area (Å²) in [5, 5.41) is 3.41. The molecule has 0 saturated carbocycles. The third-order valence-electron chi connectivity index (χ3n) is 6.35. The van der Waals surface area contributed by atoms with Gasteiger partial charge in [-0.05, 0) is 25.5 Å². The Hall–Kier alpha value is -3.75. The molecule has 0 amide bonds. The van der Waals surface area contributed by atoms with Gasteiger partial charge in [0, 0.05) is 28.3 Å². The van der Waals surface area contributed by atoms with Gasteiger partial charge in [-0.2, -0.15) is 0 Å². The summed E-state index contributed by atoms with van der Waals surface area (Å²) < 4.78 is 16.3. The number of carbonyl (C=O) groups excluding carboxylic acids is 4. The van der Waals surface area contributed by atoms with Gasteiger partial charge in [-0.25, -0.2) is 9.59 Å². The highest BCUT2D eigenvalue weighted by Gasteiger charge is 2.40. The van der Waals surface area contributed by atoms with Crippen LogP contribution in [0.1, 0.15) is 52.5 Å². The predicted octanol–water partition coefficient (Wildman–Crippen LogP) is 4.15. The first-order valence-corrected chi connectivity index (χ1v) is 12.1. The minimum absolute atomic E-state index is 0.0916. The van der Waals surface area contributed by atoms with Crippen LogP contribution in [-0.4, -0.2) is 49.9 Å². The first-order valence-electron chi connectivity index (χ1n) is 11.8. The number of benzene rings is 2. The van der Waals surface area contributed by atoms with Crippen LogP contribution in [0.5, 0.6) is 0 Å². The summed E-state index contributed by atoms with van der Waals surface area (Å²) in [6.07, 6.45) is -1.14. The lowest BCUT2D eigenvalue weighted by atomic mass is 9.80. The van der Waals surface area contributed by atoms with Crippen LogP contribution in [0.2, 0.25) is 5.02 Å². The molecule has 1 aliphatic heterocycles. The second-order valence-corrected chi connectivity index (χ2v) is 8.97. The van der Waals surface area contributed by atoms with Gasteiger partial charge in [0.1, 0.15) is 6.10 Å². The van der Waals surface area contributed by atoms with Crippen molar-refractivity contribution in [2.24, 2.45) is 0 Å². The summed E-state index contributed by atoms with van der Waals surface area (Å²) in [5.41, 5.74) is 2.21. The Bertz CT molecular complexity index is 1340. The maximum absolute atomic E-state index is 13.3. The average Bonchev–Trinajstić information content (AvgIpc) is 2.89. The van der Waals surface area contributed by atoms with Gasteiger partial charge >= 0.3 is 11.9 Å². The number of fused-ring (bicyclic) bond motifs is 1. The number of methoxy groups -OCH3 is 1. The molecule has 2 unspecified atom stereocenters. The van der Waals surface area contributed by atoms with E-state index in [1.807, 2.05) is 0 Å². The minimum Gasteiger partial charge on any atom is -0.466 e. The van der Waals surface area contributed by atoms with E-state index in [9.17, 15) is 19.2 Å². The van der Waals surface area contributed by atoms with Crippen molar-refractivity contribution < 1.29 is 33.4 Å². The maximum atomic E-state index is 13.3. The molecule has 0 aromatic heterocycles. The molecule has 0 radical (unpaired) electrons. The van der Waals surface area contributed by atoms with E-state index in [-0.39, 0.29) is 42.3 Å². The van der Waals surface area contributed by atoms with Crippen molar-refractivity contribution in [2.75, 3.05) is 20.3 Å². The van der Waals surface area contributed by atoms with Gasteiger partial charge in [-0.15, -0.1) is 0 Å². The number of nitrogens with one attached hydrogen (secondary N) is 1. The molecule has 0 saturated heterocycles. The predicted molar refractivity (Wildman–Crippen MR) is 135 cm³/mol. The van der Waals surface area contributed by atoms with E-state index in [4.69, 9.17) is 25.8 Å². The molecule has 2 aliphatic rings. The fourth-order valence-corrected chi connectivity index (χ4v) is 4.91. The Balaban J connectivity index is 1.76. The summed E-state index contributed by atoms with van der Waals surface area (Å²) in [4.78, 5) is 51.8. The summed E-state index contributed by atoms with van der Waals surface area (Å²) in [6.45, 7) is 3.21. The molecule has 192 valence electrons. The number of ketones is 2. The van der Waals surface area contributed by atoms with Crippen molar-refractivity contribution in [2.45, 2.75) is 32.3 Å². The second-order valence-electron chi connectivity index (χ2n) is 8.56. The minimum atomic E-state index is -1.02. The van der Waals surface area contributed by atoms with Crippen molar-refractivity contribution in [3.63, 3.8) is 0 Å². The van der Waals surface area contributed by atoms with Crippen LogP contribution < -0.4 is 5.32 Å². The van der Waals surface area contributed by atoms with Crippen molar-refractivity contribution >= 4 is 35.1 Å². The highest BCUT2D eigenvalue weighted by molar-refractivity contribution is 6.31. The van der Waals surface area contributed by atoms with E-state index in [0.717, 1.165) is 0 Å². The Kier molecular flexibility index (Phi) is 7.90. The first kappa shape index (κ1) is 26.3. The monoisotopic (exact) mass is 523 g/mol. The number of rotatable bonds is 7. The number of ether oxygens (including phenoxy) is 3. The van der Waals surface area contributed by atoms with E-state index in [2.05, 4.69) is 5.32 Å². The number of hydrogen-bond acceptors (Lipinski definition) is 8. The van der Waals surface area contributed by atoms with Gasteiger partial charge in [0.15, 0.2) is 11.6 Å². The topological polar surface area (TPSA) is 108 Å². The third-order valence-corrected chi connectivity index (χ3v) is 6.69. The van der Waals surface area contributed by atoms with Gasteiger partial charge < -0.3 is 19.5 Å².